The van der Waals surface area contributed by atoms with Crippen molar-refractivity contribution in [2.75, 3.05) is 6.54 Å². The number of hydrogen-bond donors (Lipinski definition) is 1. The molecular weight excluding hydrogens is 94.1 g/mol. The lowest BCUT2D eigenvalue weighted by Gasteiger charge is -1.98. The van der Waals surface area contributed by atoms with Gasteiger partial charge in [0.05, 0.1) is 6.54 Å². The van der Waals surface area contributed by atoms with E-state index in [0.29, 0.717) is 13.0 Å². The van der Waals surface area contributed by atoms with Crippen LogP contribution in [0.5, 0.6) is 0 Å². The van der Waals surface area contributed by atoms with Gasteiger partial charge in [0, 0.05) is 6.42 Å². The molecule has 4 nitrogen and oxygen atoms in total. The predicted molar refractivity (Wildman–Crippen MR) is 22.5 cm³/mol. The van der Waals surface area contributed by atoms with E-state index in [0.717, 1.165) is 0 Å². The number of nitrogens with zero attached hydrogens (tertiary/aromatic N) is 2. The lowest BCUT2D eigenvalue weighted by Crippen LogP contribution is -2.20. The minimum atomic E-state index is -0.0463. The van der Waals surface area contributed by atoms with Crippen LogP contribution in [0.4, 0.5) is 0 Å². The van der Waals surface area contributed by atoms with Crippen molar-refractivity contribution >= 4 is 5.91 Å². The van der Waals surface area contributed by atoms with Gasteiger partial charge < -0.3 is 0 Å². The average molecular weight is 99.1 g/mol. The molecule has 0 aromatic rings. The zero-order chi connectivity index (χ0) is 5.11. The lowest BCUT2D eigenvalue weighted by atomic mass is 10.4. The molecule has 0 bridgehead atoms. The van der Waals surface area contributed by atoms with Crippen LogP contribution in [-0.2, 0) is 4.79 Å². The molecule has 1 aliphatic heterocycles. The molecule has 0 atom stereocenters. The smallest absolute Gasteiger partial charge is 0.243 e. The first-order valence-corrected chi connectivity index (χ1v) is 2.05. The van der Waals surface area contributed by atoms with Crippen molar-refractivity contribution in [3.63, 3.8) is 0 Å². The van der Waals surface area contributed by atoms with Crippen molar-refractivity contribution in [2.45, 2.75) is 6.42 Å². The van der Waals surface area contributed by atoms with Crippen molar-refractivity contribution in [1.82, 2.24) is 5.43 Å². The van der Waals surface area contributed by atoms with Crippen LogP contribution < -0.4 is 5.43 Å². The second-order valence-corrected chi connectivity index (χ2v) is 1.25. The molecule has 0 radical (unpaired) electrons. The molecule has 1 N–H and O–H groups in total. The number of carbonyl (C=O) groups is 1. The minimum Gasteiger partial charge on any atom is -0.273 e. The summed E-state index contributed by atoms with van der Waals surface area (Å²) in [7, 11) is 0. The maximum Gasteiger partial charge on any atom is 0.243 e. The first-order valence-electron chi connectivity index (χ1n) is 2.05. The summed E-state index contributed by atoms with van der Waals surface area (Å²) in [4.78, 5) is 10.2. The number of nitrogens with one attached hydrogen (secondary N) is 1. The van der Waals surface area contributed by atoms with Crippen LogP contribution in [0.1, 0.15) is 6.42 Å². The highest BCUT2D eigenvalue weighted by atomic mass is 16.2. The monoisotopic (exact) mass is 99.0 g/mol. The standard InChI is InChI=1S/C3H5N3O/c7-3-1-2-4-6-5-3/h1-2H2,(H,4,5,7). The molecule has 0 aromatic carbocycles. The lowest BCUT2D eigenvalue weighted by molar-refractivity contribution is -0.121. The van der Waals surface area contributed by atoms with Gasteiger partial charge in [-0.05, 0) is 0 Å². The molecule has 0 fully saturated rings. The summed E-state index contributed by atoms with van der Waals surface area (Å²) < 4.78 is 0. The summed E-state index contributed by atoms with van der Waals surface area (Å²) in [6.45, 7) is 0.534. The fourth-order valence-corrected chi connectivity index (χ4v) is 0.349. The quantitative estimate of drug-likeness (QED) is 0.452. The van der Waals surface area contributed by atoms with E-state index in [9.17, 15) is 4.79 Å². The molecule has 0 saturated carbocycles. The Morgan fingerprint density at radius 1 is 1.71 bits per heavy atom. The van der Waals surface area contributed by atoms with Crippen molar-refractivity contribution in [3.05, 3.63) is 0 Å². The highest BCUT2D eigenvalue weighted by Gasteiger charge is 2.00. The highest BCUT2D eigenvalue weighted by Crippen LogP contribution is 1.87. The molecule has 1 heterocycles. The van der Waals surface area contributed by atoms with Gasteiger partial charge in [-0.1, -0.05) is 5.22 Å². The van der Waals surface area contributed by atoms with Gasteiger partial charge in [-0.3, -0.25) is 4.79 Å². The van der Waals surface area contributed by atoms with Crippen molar-refractivity contribution in [3.8, 4) is 0 Å². The van der Waals surface area contributed by atoms with Gasteiger partial charge in [-0.25, -0.2) is 5.43 Å². The Bertz CT molecular complexity index is 109. The molecule has 0 spiro atoms. The minimum absolute atomic E-state index is 0.0463. The summed E-state index contributed by atoms with van der Waals surface area (Å²) in [6.07, 6.45) is 0.476. The zero-order valence-corrected chi connectivity index (χ0v) is 3.72. The van der Waals surface area contributed by atoms with Crippen molar-refractivity contribution in [1.29, 1.82) is 0 Å². The SMILES string of the molecule is O=C1CCN=NN1. The summed E-state index contributed by atoms with van der Waals surface area (Å²) in [6, 6.07) is 0. The number of hydrogen-bond acceptors (Lipinski definition) is 3. The van der Waals surface area contributed by atoms with Crippen molar-refractivity contribution in [2.24, 2.45) is 10.3 Å². The molecule has 0 saturated heterocycles. The van der Waals surface area contributed by atoms with Crippen LogP contribution in [0.15, 0.2) is 10.3 Å². The fraction of sp³-hybridized carbons (Fsp3) is 0.667. The first kappa shape index (κ1) is 4.23. The Kier molecular flexibility index (Phi) is 1.02. The first-order chi connectivity index (χ1) is 3.39. The van der Waals surface area contributed by atoms with Crippen LogP contribution >= 0.6 is 0 Å². The zero-order valence-electron chi connectivity index (χ0n) is 3.72. The molecule has 1 aliphatic rings. The fourth-order valence-electron chi connectivity index (χ4n) is 0.349. The van der Waals surface area contributed by atoms with E-state index in [1.807, 2.05) is 0 Å². The Morgan fingerprint density at radius 3 is 2.86 bits per heavy atom. The normalized spacial score (nSPS) is 19.1. The largest absolute Gasteiger partial charge is 0.273 e. The average Bonchev–Trinajstić information content (AvgIpc) is 1.69. The molecule has 38 valence electrons. The Hall–Kier alpha value is -0.930. The van der Waals surface area contributed by atoms with Crippen LogP contribution in [0.25, 0.3) is 0 Å². The summed E-state index contributed by atoms with van der Waals surface area (Å²) in [5.41, 5.74) is 2.20. The van der Waals surface area contributed by atoms with Gasteiger partial charge >= 0.3 is 0 Å². The number of rotatable bonds is 0. The van der Waals surface area contributed by atoms with Gasteiger partial charge in [0.25, 0.3) is 0 Å². The van der Waals surface area contributed by atoms with Crippen LogP contribution in [0.3, 0.4) is 0 Å². The second-order valence-electron chi connectivity index (χ2n) is 1.25. The number of amides is 1. The topological polar surface area (TPSA) is 53.8 Å². The molecule has 1 rings (SSSR count). The molecule has 0 aromatic heterocycles. The van der Waals surface area contributed by atoms with Crippen LogP contribution in [0, 0.1) is 0 Å². The molecular formula is C3H5N3O. The summed E-state index contributed by atoms with van der Waals surface area (Å²) in [5.74, 6) is -0.0463. The Labute approximate surface area is 40.6 Å². The van der Waals surface area contributed by atoms with Gasteiger partial charge in [-0.2, -0.15) is 5.11 Å². The Morgan fingerprint density at radius 2 is 2.57 bits per heavy atom. The van der Waals surface area contributed by atoms with E-state index in [-0.39, 0.29) is 5.91 Å². The maximum absolute atomic E-state index is 10.2. The van der Waals surface area contributed by atoms with E-state index >= 15 is 0 Å². The van der Waals surface area contributed by atoms with Gasteiger partial charge in [0.2, 0.25) is 5.91 Å². The molecule has 7 heavy (non-hydrogen) atoms. The van der Waals surface area contributed by atoms with Crippen LogP contribution in [-0.4, -0.2) is 12.5 Å². The van der Waals surface area contributed by atoms with E-state index in [1.165, 1.54) is 0 Å². The summed E-state index contributed by atoms with van der Waals surface area (Å²) >= 11 is 0. The van der Waals surface area contributed by atoms with Crippen molar-refractivity contribution < 1.29 is 4.79 Å². The van der Waals surface area contributed by atoms with Gasteiger partial charge in [0.15, 0.2) is 0 Å². The van der Waals surface area contributed by atoms with Gasteiger partial charge in [-0.15, -0.1) is 0 Å². The highest BCUT2D eigenvalue weighted by molar-refractivity contribution is 5.75. The maximum atomic E-state index is 10.2. The molecule has 0 unspecified atom stereocenters. The number of carbonyl (C=O) groups excluding carboxylic acids is 1. The molecule has 4 heteroatoms. The Balaban J connectivity index is 2.47. The van der Waals surface area contributed by atoms with E-state index < -0.39 is 0 Å². The summed E-state index contributed by atoms with van der Waals surface area (Å²) in [5, 5.41) is 6.80. The third kappa shape index (κ3) is 0.956. The third-order valence-electron chi connectivity index (χ3n) is 0.684. The molecule has 1 amide bonds. The third-order valence-corrected chi connectivity index (χ3v) is 0.684. The van der Waals surface area contributed by atoms with Gasteiger partial charge in [0.1, 0.15) is 0 Å². The predicted octanol–water partition coefficient (Wildman–Crippen LogP) is -0.127. The van der Waals surface area contributed by atoms with E-state index in [1.54, 1.807) is 0 Å². The molecule has 0 aliphatic carbocycles. The van der Waals surface area contributed by atoms with Crippen LogP contribution in [0.2, 0.25) is 0 Å². The van der Waals surface area contributed by atoms with E-state index in [2.05, 4.69) is 15.8 Å². The van der Waals surface area contributed by atoms with E-state index in [4.69, 9.17) is 0 Å². The second kappa shape index (κ2) is 1.68.